The van der Waals surface area contributed by atoms with Gasteiger partial charge in [0.1, 0.15) is 0 Å². The van der Waals surface area contributed by atoms with Gasteiger partial charge in [0.05, 0.1) is 0 Å². The molecule has 1 fully saturated rings. The molecule has 82 valence electrons. The van der Waals surface area contributed by atoms with E-state index in [0.29, 0.717) is 0 Å². The van der Waals surface area contributed by atoms with Crippen LogP contribution < -0.4 is 5.32 Å². The lowest BCUT2D eigenvalue weighted by Crippen LogP contribution is -2.30. The topological polar surface area (TPSA) is 12.0 Å². The van der Waals surface area contributed by atoms with Crippen LogP contribution in [0.4, 0.5) is 0 Å². The third kappa shape index (κ3) is 3.05. The monoisotopic (exact) mass is 267 g/mol. The van der Waals surface area contributed by atoms with E-state index < -0.39 is 0 Å². The van der Waals surface area contributed by atoms with Gasteiger partial charge in [-0.2, -0.15) is 0 Å². The second kappa shape index (κ2) is 5.13. The van der Waals surface area contributed by atoms with Crippen molar-refractivity contribution in [3.8, 4) is 0 Å². The molecule has 0 aliphatic carbocycles. The number of halogens is 1. The Hall–Kier alpha value is -0.340. The highest BCUT2D eigenvalue weighted by atomic mass is 79.9. The summed E-state index contributed by atoms with van der Waals surface area (Å²) in [6.45, 7) is 4.54. The average molecular weight is 268 g/mol. The first-order valence-electron chi connectivity index (χ1n) is 5.71. The number of rotatable bonds is 2. The standard InChI is InChI=1S/C13H18BrN/c1-10-4-5-13(14)12(7-10)8-11-3-2-6-15-9-11/h4-5,7,11,15H,2-3,6,8-9H2,1H3. The molecule has 1 aliphatic heterocycles. The van der Waals surface area contributed by atoms with Gasteiger partial charge in [-0.1, -0.05) is 33.6 Å². The molecule has 0 spiro atoms. The second-order valence-corrected chi connectivity index (χ2v) is 5.37. The Kier molecular flexibility index (Phi) is 3.81. The maximum absolute atomic E-state index is 3.64. The predicted octanol–water partition coefficient (Wildman–Crippen LogP) is 3.30. The van der Waals surface area contributed by atoms with Gasteiger partial charge in [-0.15, -0.1) is 0 Å². The summed E-state index contributed by atoms with van der Waals surface area (Å²) in [5.74, 6) is 0.817. The normalized spacial score (nSPS) is 21.6. The van der Waals surface area contributed by atoms with Crippen molar-refractivity contribution in [1.29, 1.82) is 0 Å². The molecule has 1 aromatic carbocycles. The Balaban J connectivity index is 2.05. The number of hydrogen-bond donors (Lipinski definition) is 1. The molecule has 1 aromatic rings. The molecular weight excluding hydrogens is 250 g/mol. The average Bonchev–Trinajstić information content (AvgIpc) is 2.25. The highest BCUT2D eigenvalue weighted by molar-refractivity contribution is 9.10. The maximum atomic E-state index is 3.64. The predicted molar refractivity (Wildman–Crippen MR) is 68.2 cm³/mol. The third-order valence-corrected chi connectivity index (χ3v) is 3.88. The van der Waals surface area contributed by atoms with E-state index in [1.807, 2.05) is 0 Å². The molecule has 0 amide bonds. The highest BCUT2D eigenvalue weighted by Gasteiger charge is 2.14. The van der Waals surface area contributed by atoms with E-state index in [9.17, 15) is 0 Å². The Labute approximate surface area is 100 Å². The summed E-state index contributed by atoms with van der Waals surface area (Å²) in [4.78, 5) is 0. The van der Waals surface area contributed by atoms with E-state index in [1.54, 1.807) is 0 Å². The summed E-state index contributed by atoms with van der Waals surface area (Å²) in [5, 5.41) is 3.47. The molecule has 1 atom stereocenters. The zero-order chi connectivity index (χ0) is 10.7. The molecule has 2 heteroatoms. The highest BCUT2D eigenvalue weighted by Crippen LogP contribution is 2.23. The quantitative estimate of drug-likeness (QED) is 0.867. The lowest BCUT2D eigenvalue weighted by molar-refractivity contribution is 0.375. The summed E-state index contributed by atoms with van der Waals surface area (Å²) >= 11 is 3.64. The van der Waals surface area contributed by atoms with Gasteiger partial charge >= 0.3 is 0 Å². The fourth-order valence-corrected chi connectivity index (χ4v) is 2.68. The minimum absolute atomic E-state index is 0.817. The van der Waals surface area contributed by atoms with E-state index >= 15 is 0 Å². The SMILES string of the molecule is Cc1ccc(Br)c(CC2CCCNC2)c1. The van der Waals surface area contributed by atoms with Gasteiger partial charge < -0.3 is 5.32 Å². The van der Waals surface area contributed by atoms with Crippen molar-refractivity contribution in [1.82, 2.24) is 5.32 Å². The summed E-state index contributed by atoms with van der Waals surface area (Å²) in [6.07, 6.45) is 3.90. The van der Waals surface area contributed by atoms with E-state index in [0.717, 1.165) is 5.92 Å². The van der Waals surface area contributed by atoms with Crippen LogP contribution in [0.3, 0.4) is 0 Å². The van der Waals surface area contributed by atoms with Crippen LogP contribution >= 0.6 is 15.9 Å². The zero-order valence-corrected chi connectivity index (χ0v) is 10.8. The van der Waals surface area contributed by atoms with Crippen LogP contribution in [0.1, 0.15) is 24.0 Å². The molecule has 1 unspecified atom stereocenters. The van der Waals surface area contributed by atoms with Crippen LogP contribution in [0.25, 0.3) is 0 Å². The smallest absolute Gasteiger partial charge is 0.0207 e. The molecule has 0 bridgehead atoms. The molecule has 1 N–H and O–H groups in total. The van der Waals surface area contributed by atoms with Gasteiger partial charge in [0.2, 0.25) is 0 Å². The van der Waals surface area contributed by atoms with Crippen LogP contribution in [0.5, 0.6) is 0 Å². The number of nitrogens with one attached hydrogen (secondary N) is 1. The third-order valence-electron chi connectivity index (χ3n) is 3.11. The van der Waals surface area contributed by atoms with Crippen molar-refractivity contribution in [2.45, 2.75) is 26.2 Å². The van der Waals surface area contributed by atoms with Gasteiger partial charge in [0.15, 0.2) is 0 Å². The van der Waals surface area contributed by atoms with E-state index in [1.165, 1.54) is 48.0 Å². The first-order valence-corrected chi connectivity index (χ1v) is 6.51. The number of hydrogen-bond acceptors (Lipinski definition) is 1. The van der Waals surface area contributed by atoms with E-state index in [2.05, 4.69) is 46.4 Å². The Morgan fingerprint density at radius 2 is 2.33 bits per heavy atom. The van der Waals surface area contributed by atoms with Crippen molar-refractivity contribution in [3.05, 3.63) is 33.8 Å². The van der Waals surface area contributed by atoms with Crippen molar-refractivity contribution in [2.75, 3.05) is 13.1 Å². The molecule has 0 radical (unpaired) electrons. The minimum atomic E-state index is 0.817. The van der Waals surface area contributed by atoms with E-state index in [-0.39, 0.29) is 0 Å². The summed E-state index contributed by atoms with van der Waals surface area (Å²) < 4.78 is 1.26. The number of piperidine rings is 1. The first-order chi connectivity index (χ1) is 7.25. The minimum Gasteiger partial charge on any atom is -0.316 e. The Morgan fingerprint density at radius 3 is 3.07 bits per heavy atom. The maximum Gasteiger partial charge on any atom is 0.0207 e. The van der Waals surface area contributed by atoms with Gasteiger partial charge in [0.25, 0.3) is 0 Å². The van der Waals surface area contributed by atoms with Crippen molar-refractivity contribution in [2.24, 2.45) is 5.92 Å². The van der Waals surface area contributed by atoms with Crippen LogP contribution in [-0.2, 0) is 6.42 Å². The Bertz CT molecular complexity index is 329. The van der Waals surface area contributed by atoms with Crippen molar-refractivity contribution >= 4 is 15.9 Å². The molecule has 2 rings (SSSR count). The van der Waals surface area contributed by atoms with E-state index in [4.69, 9.17) is 0 Å². The second-order valence-electron chi connectivity index (χ2n) is 4.51. The van der Waals surface area contributed by atoms with Gasteiger partial charge in [-0.05, 0) is 56.8 Å². The van der Waals surface area contributed by atoms with Crippen molar-refractivity contribution in [3.63, 3.8) is 0 Å². The molecule has 1 saturated heterocycles. The fraction of sp³-hybridized carbons (Fsp3) is 0.538. The lowest BCUT2D eigenvalue weighted by atomic mass is 9.92. The van der Waals surface area contributed by atoms with Gasteiger partial charge in [-0.3, -0.25) is 0 Å². The van der Waals surface area contributed by atoms with Gasteiger partial charge in [0, 0.05) is 4.47 Å². The molecule has 1 nitrogen and oxygen atoms in total. The Morgan fingerprint density at radius 1 is 1.47 bits per heavy atom. The van der Waals surface area contributed by atoms with Crippen LogP contribution in [0.2, 0.25) is 0 Å². The number of benzene rings is 1. The molecule has 0 aromatic heterocycles. The molecule has 0 saturated carbocycles. The molecule has 1 heterocycles. The zero-order valence-electron chi connectivity index (χ0n) is 9.22. The van der Waals surface area contributed by atoms with Crippen molar-refractivity contribution < 1.29 is 0 Å². The molecule has 1 aliphatic rings. The largest absolute Gasteiger partial charge is 0.316 e. The van der Waals surface area contributed by atoms with Crippen LogP contribution in [-0.4, -0.2) is 13.1 Å². The lowest BCUT2D eigenvalue weighted by Gasteiger charge is -2.23. The molecule has 15 heavy (non-hydrogen) atoms. The summed E-state index contributed by atoms with van der Waals surface area (Å²) in [5.41, 5.74) is 2.82. The number of aryl methyl sites for hydroxylation is 1. The van der Waals surface area contributed by atoms with Crippen LogP contribution in [0.15, 0.2) is 22.7 Å². The van der Waals surface area contributed by atoms with Crippen LogP contribution in [0, 0.1) is 12.8 Å². The summed E-state index contributed by atoms with van der Waals surface area (Å²) in [6, 6.07) is 6.63. The summed E-state index contributed by atoms with van der Waals surface area (Å²) in [7, 11) is 0. The molecular formula is C13H18BrN. The van der Waals surface area contributed by atoms with Gasteiger partial charge in [-0.25, -0.2) is 0 Å². The first kappa shape index (κ1) is 11.2. The fourth-order valence-electron chi connectivity index (χ4n) is 2.27.